The van der Waals surface area contributed by atoms with E-state index in [9.17, 15) is 4.39 Å². The zero-order valence-electron chi connectivity index (χ0n) is 16.7. The lowest BCUT2D eigenvalue weighted by atomic mass is 9.99. The molecule has 2 heterocycles. The Labute approximate surface area is 175 Å². The van der Waals surface area contributed by atoms with Crippen molar-refractivity contribution in [2.75, 3.05) is 11.9 Å². The maximum Gasteiger partial charge on any atom is 0.123 e. The predicted octanol–water partition coefficient (Wildman–Crippen LogP) is 6.39. The van der Waals surface area contributed by atoms with Gasteiger partial charge in [-0.2, -0.15) is 0 Å². The third kappa shape index (κ3) is 3.73. The van der Waals surface area contributed by atoms with Crippen molar-refractivity contribution in [3.8, 4) is 0 Å². The normalized spacial score (nSPS) is 12.3. The van der Waals surface area contributed by atoms with Gasteiger partial charge in [-0.3, -0.25) is 4.98 Å². The molecule has 0 saturated carbocycles. The van der Waals surface area contributed by atoms with Gasteiger partial charge in [0.25, 0.3) is 0 Å². The molecule has 5 heteroatoms. The number of pyridine rings is 1. The van der Waals surface area contributed by atoms with Crippen molar-refractivity contribution < 1.29 is 4.39 Å². The molecule has 1 unspecified atom stereocenters. The van der Waals surface area contributed by atoms with E-state index in [1.807, 2.05) is 43.6 Å². The largest absolute Gasteiger partial charge is 0.366 e. The fourth-order valence-electron chi connectivity index (χ4n) is 3.80. The highest BCUT2D eigenvalue weighted by atomic mass is 35.5. The summed E-state index contributed by atoms with van der Waals surface area (Å²) in [4.78, 5) is 10.4. The van der Waals surface area contributed by atoms with E-state index in [0.717, 1.165) is 33.2 Å². The van der Waals surface area contributed by atoms with Gasteiger partial charge in [-0.05, 0) is 61.4 Å². The summed E-state index contributed by atoms with van der Waals surface area (Å²) < 4.78 is 13.5. The lowest BCUT2D eigenvalue weighted by Crippen LogP contribution is -2.27. The third-order valence-electron chi connectivity index (χ3n) is 5.65. The van der Waals surface area contributed by atoms with Crippen LogP contribution in [-0.4, -0.2) is 17.0 Å². The van der Waals surface area contributed by atoms with Crippen molar-refractivity contribution in [2.24, 2.45) is 0 Å². The summed E-state index contributed by atoms with van der Waals surface area (Å²) in [5.74, 6) is -0.249. The third-order valence-corrected chi connectivity index (χ3v) is 6.02. The number of benzene rings is 2. The van der Waals surface area contributed by atoms with Crippen LogP contribution in [0.15, 0.2) is 60.8 Å². The molecule has 29 heavy (non-hydrogen) atoms. The Morgan fingerprint density at radius 3 is 2.52 bits per heavy atom. The van der Waals surface area contributed by atoms with Crippen LogP contribution in [0.2, 0.25) is 5.02 Å². The standard InChI is InChI=1S/C24H23ClFN3/c1-15-16(2)28-23-20(15)12-13-27-24(23)22(14-17-6-4-5-7-21(17)25)29(3)19-10-8-18(26)9-11-19/h4-13,22,28H,14H2,1-3H3. The molecule has 3 nitrogen and oxygen atoms in total. The van der Waals surface area contributed by atoms with Crippen LogP contribution in [0.25, 0.3) is 10.9 Å². The number of anilines is 1. The molecule has 0 spiro atoms. The first-order chi connectivity index (χ1) is 14.0. The van der Waals surface area contributed by atoms with Crippen molar-refractivity contribution in [1.82, 2.24) is 9.97 Å². The highest BCUT2D eigenvalue weighted by molar-refractivity contribution is 6.31. The lowest BCUT2D eigenvalue weighted by Gasteiger charge is -2.30. The van der Waals surface area contributed by atoms with Crippen LogP contribution >= 0.6 is 11.6 Å². The van der Waals surface area contributed by atoms with Crippen LogP contribution < -0.4 is 4.90 Å². The minimum atomic E-state index is -0.249. The first-order valence-electron chi connectivity index (χ1n) is 9.61. The molecule has 0 aliphatic carbocycles. The average Bonchev–Trinajstić information content (AvgIpc) is 3.02. The van der Waals surface area contributed by atoms with Gasteiger partial charge in [0, 0.05) is 41.5 Å². The number of H-pyrrole nitrogens is 1. The van der Waals surface area contributed by atoms with E-state index in [4.69, 9.17) is 16.6 Å². The van der Waals surface area contributed by atoms with Crippen molar-refractivity contribution in [3.05, 3.63) is 94.1 Å². The second kappa shape index (κ2) is 7.88. The number of aryl methyl sites for hydroxylation is 2. The van der Waals surface area contributed by atoms with Crippen molar-refractivity contribution >= 4 is 28.2 Å². The predicted molar refractivity (Wildman–Crippen MR) is 118 cm³/mol. The minimum absolute atomic E-state index is 0.0819. The Morgan fingerprint density at radius 2 is 1.79 bits per heavy atom. The number of fused-ring (bicyclic) bond motifs is 1. The zero-order valence-corrected chi connectivity index (χ0v) is 17.5. The highest BCUT2D eigenvalue weighted by Gasteiger charge is 2.24. The molecular formula is C24H23ClFN3. The summed E-state index contributed by atoms with van der Waals surface area (Å²) in [6, 6.07) is 16.4. The molecule has 0 aliphatic heterocycles. The molecular weight excluding hydrogens is 385 g/mol. The highest BCUT2D eigenvalue weighted by Crippen LogP contribution is 2.34. The molecule has 2 aromatic heterocycles. The molecule has 1 N–H and O–H groups in total. The van der Waals surface area contributed by atoms with Crippen LogP contribution in [0.1, 0.15) is 28.6 Å². The maximum atomic E-state index is 13.5. The fourth-order valence-corrected chi connectivity index (χ4v) is 4.02. The Hall–Kier alpha value is -2.85. The summed E-state index contributed by atoms with van der Waals surface area (Å²) in [6.07, 6.45) is 2.53. The lowest BCUT2D eigenvalue weighted by molar-refractivity contribution is 0.624. The number of hydrogen-bond acceptors (Lipinski definition) is 2. The van der Waals surface area contributed by atoms with E-state index in [1.165, 1.54) is 23.1 Å². The van der Waals surface area contributed by atoms with Gasteiger partial charge in [0.05, 0.1) is 17.3 Å². The van der Waals surface area contributed by atoms with Crippen molar-refractivity contribution in [1.29, 1.82) is 0 Å². The molecule has 1 atom stereocenters. The number of hydrogen-bond donors (Lipinski definition) is 1. The van der Waals surface area contributed by atoms with E-state index in [-0.39, 0.29) is 11.9 Å². The molecule has 0 fully saturated rings. The number of likely N-dealkylation sites (N-methyl/N-ethyl adjacent to an activating group) is 1. The van der Waals surface area contributed by atoms with E-state index in [2.05, 4.69) is 23.7 Å². The van der Waals surface area contributed by atoms with Gasteiger partial charge in [-0.15, -0.1) is 0 Å². The summed E-state index contributed by atoms with van der Waals surface area (Å²) in [5, 5.41) is 1.90. The maximum absolute atomic E-state index is 13.5. The van der Waals surface area contributed by atoms with Crippen LogP contribution in [0.5, 0.6) is 0 Å². The summed E-state index contributed by atoms with van der Waals surface area (Å²) in [5.41, 5.74) is 6.31. The number of rotatable bonds is 5. The molecule has 0 saturated heterocycles. The van der Waals surface area contributed by atoms with Crippen LogP contribution in [-0.2, 0) is 6.42 Å². The summed E-state index contributed by atoms with van der Waals surface area (Å²) in [7, 11) is 2.01. The number of aromatic amines is 1. The fraction of sp³-hybridized carbons (Fsp3) is 0.208. The number of nitrogens with zero attached hydrogens (tertiary/aromatic N) is 2. The molecule has 0 amide bonds. The van der Waals surface area contributed by atoms with Crippen LogP contribution in [0.3, 0.4) is 0 Å². The van der Waals surface area contributed by atoms with Gasteiger partial charge in [-0.1, -0.05) is 29.8 Å². The Kier molecular flexibility index (Phi) is 5.29. The Balaban J connectivity index is 1.85. The summed E-state index contributed by atoms with van der Waals surface area (Å²) >= 11 is 6.48. The quantitative estimate of drug-likeness (QED) is 0.415. The SMILES string of the molecule is Cc1[nH]c2c(C(Cc3ccccc3Cl)N(C)c3ccc(F)cc3)nccc2c1C. The number of halogens is 2. The number of nitrogens with one attached hydrogen (secondary N) is 1. The van der Waals surface area contributed by atoms with Crippen LogP contribution in [0, 0.1) is 19.7 Å². The minimum Gasteiger partial charge on any atom is -0.366 e. The van der Waals surface area contributed by atoms with Crippen LogP contribution in [0.4, 0.5) is 10.1 Å². The van der Waals surface area contributed by atoms with Gasteiger partial charge in [0.15, 0.2) is 0 Å². The van der Waals surface area contributed by atoms with E-state index < -0.39 is 0 Å². The Morgan fingerprint density at radius 1 is 1.07 bits per heavy atom. The molecule has 4 rings (SSSR count). The second-order valence-corrected chi connectivity index (χ2v) is 7.80. The van der Waals surface area contributed by atoms with E-state index in [1.54, 1.807) is 12.1 Å². The van der Waals surface area contributed by atoms with Gasteiger partial charge in [0.1, 0.15) is 5.82 Å². The van der Waals surface area contributed by atoms with E-state index in [0.29, 0.717) is 6.42 Å². The van der Waals surface area contributed by atoms with Gasteiger partial charge >= 0.3 is 0 Å². The molecule has 0 bridgehead atoms. The average molecular weight is 408 g/mol. The van der Waals surface area contributed by atoms with Gasteiger partial charge in [-0.25, -0.2) is 4.39 Å². The topological polar surface area (TPSA) is 31.9 Å². The molecule has 148 valence electrons. The zero-order chi connectivity index (χ0) is 20.5. The molecule has 0 aliphatic rings. The van der Waals surface area contributed by atoms with E-state index >= 15 is 0 Å². The smallest absolute Gasteiger partial charge is 0.123 e. The molecule has 4 aromatic rings. The number of aromatic nitrogens is 2. The summed E-state index contributed by atoms with van der Waals surface area (Å²) in [6.45, 7) is 4.19. The monoisotopic (exact) mass is 407 g/mol. The van der Waals surface area contributed by atoms with Crippen molar-refractivity contribution in [2.45, 2.75) is 26.3 Å². The second-order valence-electron chi connectivity index (χ2n) is 7.39. The van der Waals surface area contributed by atoms with Gasteiger partial charge in [0.2, 0.25) is 0 Å². The molecule has 2 aromatic carbocycles. The van der Waals surface area contributed by atoms with Crippen molar-refractivity contribution in [3.63, 3.8) is 0 Å². The molecule has 0 radical (unpaired) electrons. The Bertz CT molecular complexity index is 1150. The first kappa shape index (κ1) is 19.5. The first-order valence-corrected chi connectivity index (χ1v) is 9.99. The van der Waals surface area contributed by atoms with Gasteiger partial charge < -0.3 is 9.88 Å².